The van der Waals surface area contributed by atoms with E-state index in [4.69, 9.17) is 17.0 Å². The summed E-state index contributed by atoms with van der Waals surface area (Å²) in [4.78, 5) is 7.56. The van der Waals surface area contributed by atoms with Gasteiger partial charge < -0.3 is 9.72 Å². The Hall–Kier alpha value is -1.82. The smallest absolute Gasteiger partial charge is 0.233 e. The molecule has 1 N–H and O–H groups in total. The molecule has 0 unspecified atom stereocenters. The van der Waals surface area contributed by atoms with Crippen LogP contribution in [0.4, 0.5) is 0 Å². The minimum atomic E-state index is 0.472. The molecule has 0 radical (unpaired) electrons. The van der Waals surface area contributed by atoms with Crippen LogP contribution < -0.4 is 4.74 Å². The number of ether oxygens (including phenoxy) is 1. The van der Waals surface area contributed by atoms with Crippen molar-refractivity contribution < 1.29 is 4.74 Å². The maximum atomic E-state index is 5.24. The van der Waals surface area contributed by atoms with E-state index in [9.17, 15) is 0 Å². The quantitative estimate of drug-likeness (QED) is 0.861. The molecule has 0 aliphatic heterocycles. The molecule has 0 saturated carbocycles. The van der Waals surface area contributed by atoms with Gasteiger partial charge in [0.05, 0.1) is 7.11 Å². The van der Waals surface area contributed by atoms with Gasteiger partial charge in [-0.25, -0.2) is 4.98 Å². The van der Waals surface area contributed by atoms with Crippen molar-refractivity contribution in [2.45, 2.75) is 20.3 Å². The van der Waals surface area contributed by atoms with Crippen LogP contribution >= 0.6 is 12.2 Å². The van der Waals surface area contributed by atoms with Gasteiger partial charge in [0.25, 0.3) is 0 Å². The number of nitrogens with zero attached hydrogens (tertiary/aromatic N) is 3. The fourth-order valence-corrected chi connectivity index (χ4v) is 1.82. The molecule has 2 heterocycles. The van der Waals surface area contributed by atoms with Crippen molar-refractivity contribution in [3.05, 3.63) is 28.0 Å². The van der Waals surface area contributed by atoms with Crippen LogP contribution in [0.1, 0.15) is 18.2 Å². The lowest BCUT2D eigenvalue weighted by Gasteiger charge is -2.07. The zero-order chi connectivity index (χ0) is 13.1. The highest BCUT2D eigenvalue weighted by molar-refractivity contribution is 7.71. The molecule has 6 heteroatoms. The zero-order valence-corrected chi connectivity index (χ0v) is 11.3. The third kappa shape index (κ3) is 2.38. The molecule has 0 spiro atoms. The molecule has 0 aliphatic rings. The topological polar surface area (TPSA) is 63.7 Å². The first kappa shape index (κ1) is 12.6. The summed E-state index contributed by atoms with van der Waals surface area (Å²) < 4.78 is 5.56. The minimum Gasteiger partial charge on any atom is -0.480 e. The standard InChI is InChI=1S/C12H14N4OS/c1-4-8-7(2)12(18)14-11(13-8)9-5-6-10(17-3)16-15-9/h5-6H,4H2,1-3H3,(H,13,14,18). The summed E-state index contributed by atoms with van der Waals surface area (Å²) in [7, 11) is 1.55. The Labute approximate surface area is 110 Å². The number of aromatic nitrogens is 4. The second-order valence-corrected chi connectivity index (χ2v) is 4.20. The van der Waals surface area contributed by atoms with Crippen molar-refractivity contribution in [2.75, 3.05) is 7.11 Å². The fourth-order valence-electron chi connectivity index (χ4n) is 1.61. The molecule has 0 saturated heterocycles. The van der Waals surface area contributed by atoms with E-state index in [1.807, 2.05) is 6.92 Å². The van der Waals surface area contributed by atoms with Crippen LogP contribution in [-0.2, 0) is 6.42 Å². The number of nitrogens with one attached hydrogen (secondary N) is 1. The van der Waals surface area contributed by atoms with Crippen molar-refractivity contribution in [3.8, 4) is 17.4 Å². The third-order valence-corrected chi connectivity index (χ3v) is 3.10. The second-order valence-electron chi connectivity index (χ2n) is 3.81. The molecule has 5 nitrogen and oxygen atoms in total. The van der Waals surface area contributed by atoms with Gasteiger partial charge >= 0.3 is 0 Å². The lowest BCUT2D eigenvalue weighted by Crippen LogP contribution is -2.01. The largest absolute Gasteiger partial charge is 0.480 e. The van der Waals surface area contributed by atoms with Crippen LogP contribution in [0.5, 0.6) is 5.88 Å². The molecule has 0 atom stereocenters. The lowest BCUT2D eigenvalue weighted by atomic mass is 10.2. The molecular formula is C12H14N4OS. The SMILES string of the molecule is CCc1[nH]c(-c2ccc(OC)nn2)nc(=S)c1C. The number of hydrogen-bond donors (Lipinski definition) is 1. The molecule has 18 heavy (non-hydrogen) atoms. The summed E-state index contributed by atoms with van der Waals surface area (Å²) in [6.45, 7) is 4.03. The van der Waals surface area contributed by atoms with Crippen molar-refractivity contribution >= 4 is 12.2 Å². The molecule has 2 aromatic heterocycles. The van der Waals surface area contributed by atoms with Crippen LogP contribution in [0.3, 0.4) is 0 Å². The molecule has 0 aliphatic carbocycles. The average Bonchev–Trinajstić information content (AvgIpc) is 2.42. The first-order chi connectivity index (χ1) is 8.65. The number of aryl methyl sites for hydroxylation is 1. The number of rotatable bonds is 3. The molecule has 0 aromatic carbocycles. The second kappa shape index (κ2) is 5.22. The van der Waals surface area contributed by atoms with Crippen LogP contribution in [-0.4, -0.2) is 27.3 Å². The summed E-state index contributed by atoms with van der Waals surface area (Å²) in [5.41, 5.74) is 2.73. The molecule has 94 valence electrons. The van der Waals surface area contributed by atoms with E-state index in [0.717, 1.165) is 17.7 Å². The van der Waals surface area contributed by atoms with Gasteiger partial charge in [0.1, 0.15) is 10.3 Å². The van der Waals surface area contributed by atoms with E-state index in [0.29, 0.717) is 22.0 Å². The van der Waals surface area contributed by atoms with Gasteiger partial charge in [-0.3, -0.25) is 0 Å². The van der Waals surface area contributed by atoms with E-state index >= 15 is 0 Å². The Balaban J connectivity index is 2.50. The number of methoxy groups -OCH3 is 1. The normalized spacial score (nSPS) is 10.4. The summed E-state index contributed by atoms with van der Waals surface area (Å²) in [6, 6.07) is 3.54. The molecule has 0 amide bonds. The van der Waals surface area contributed by atoms with Gasteiger partial charge in [-0.15, -0.1) is 10.2 Å². The Kier molecular flexibility index (Phi) is 3.66. The van der Waals surface area contributed by atoms with Crippen molar-refractivity contribution in [1.82, 2.24) is 20.2 Å². The molecule has 2 rings (SSSR count). The van der Waals surface area contributed by atoms with Gasteiger partial charge in [-0.2, -0.15) is 0 Å². The maximum absolute atomic E-state index is 5.24. The molecule has 0 bridgehead atoms. The van der Waals surface area contributed by atoms with E-state index in [-0.39, 0.29) is 0 Å². The van der Waals surface area contributed by atoms with E-state index < -0.39 is 0 Å². The average molecular weight is 262 g/mol. The highest BCUT2D eigenvalue weighted by Crippen LogP contribution is 2.16. The van der Waals surface area contributed by atoms with Crippen LogP contribution in [0.15, 0.2) is 12.1 Å². The van der Waals surface area contributed by atoms with Crippen molar-refractivity contribution in [3.63, 3.8) is 0 Å². The molecular weight excluding hydrogens is 248 g/mol. The van der Waals surface area contributed by atoms with Crippen molar-refractivity contribution in [1.29, 1.82) is 0 Å². The number of aromatic amines is 1. The number of hydrogen-bond acceptors (Lipinski definition) is 5. The lowest BCUT2D eigenvalue weighted by molar-refractivity contribution is 0.392. The first-order valence-corrected chi connectivity index (χ1v) is 6.04. The summed E-state index contributed by atoms with van der Waals surface area (Å²) in [6.07, 6.45) is 0.870. The number of H-pyrrole nitrogens is 1. The van der Waals surface area contributed by atoms with Crippen molar-refractivity contribution in [2.24, 2.45) is 0 Å². The van der Waals surface area contributed by atoms with Gasteiger partial charge in [0.15, 0.2) is 5.82 Å². The predicted molar refractivity (Wildman–Crippen MR) is 71.1 cm³/mol. The van der Waals surface area contributed by atoms with E-state index in [2.05, 4.69) is 27.1 Å². The fraction of sp³-hybridized carbons (Fsp3) is 0.333. The Morgan fingerprint density at radius 1 is 1.33 bits per heavy atom. The van der Waals surface area contributed by atoms with Crippen LogP contribution in [0, 0.1) is 11.6 Å². The van der Waals surface area contributed by atoms with Crippen LogP contribution in [0.25, 0.3) is 11.5 Å². The third-order valence-electron chi connectivity index (χ3n) is 2.70. The van der Waals surface area contributed by atoms with Gasteiger partial charge in [-0.1, -0.05) is 19.1 Å². The van der Waals surface area contributed by atoms with E-state index in [1.165, 1.54) is 0 Å². The molecule has 2 aromatic rings. The summed E-state index contributed by atoms with van der Waals surface area (Å²) >= 11 is 5.24. The first-order valence-electron chi connectivity index (χ1n) is 5.63. The monoisotopic (exact) mass is 262 g/mol. The van der Waals surface area contributed by atoms with Gasteiger partial charge in [0.2, 0.25) is 5.88 Å². The highest BCUT2D eigenvalue weighted by Gasteiger charge is 2.07. The summed E-state index contributed by atoms with van der Waals surface area (Å²) in [5.74, 6) is 1.11. The van der Waals surface area contributed by atoms with E-state index in [1.54, 1.807) is 19.2 Å². The minimum absolute atomic E-state index is 0.472. The van der Waals surface area contributed by atoms with Crippen LogP contribution in [0.2, 0.25) is 0 Å². The Morgan fingerprint density at radius 3 is 2.67 bits per heavy atom. The molecule has 0 fully saturated rings. The summed E-state index contributed by atoms with van der Waals surface area (Å²) in [5, 5.41) is 7.97. The maximum Gasteiger partial charge on any atom is 0.233 e. The van der Waals surface area contributed by atoms with Gasteiger partial charge in [-0.05, 0) is 19.4 Å². The Bertz CT molecular complexity index is 606. The zero-order valence-electron chi connectivity index (χ0n) is 10.5. The predicted octanol–water partition coefficient (Wildman–Crippen LogP) is 2.48. The highest BCUT2D eigenvalue weighted by atomic mass is 32.1. The Morgan fingerprint density at radius 2 is 2.11 bits per heavy atom. The van der Waals surface area contributed by atoms with Gasteiger partial charge in [0, 0.05) is 17.3 Å².